The third-order valence-corrected chi connectivity index (χ3v) is 1.84. The van der Waals surface area contributed by atoms with Crippen LogP contribution in [0.5, 0.6) is 11.5 Å². The summed E-state index contributed by atoms with van der Waals surface area (Å²) in [6, 6.07) is 6.21. The van der Waals surface area contributed by atoms with E-state index in [-0.39, 0.29) is 1.43 Å². The summed E-state index contributed by atoms with van der Waals surface area (Å²) in [7, 11) is 3.27. The minimum atomic E-state index is 0. The van der Waals surface area contributed by atoms with Gasteiger partial charge < -0.3 is 14.8 Å². The molecule has 14 heavy (non-hydrogen) atoms. The molecule has 3 nitrogen and oxygen atoms in total. The van der Waals surface area contributed by atoms with Gasteiger partial charge in [-0.2, -0.15) is 0 Å². The van der Waals surface area contributed by atoms with E-state index in [0.29, 0.717) is 6.04 Å². The predicted molar refractivity (Wildman–Crippen MR) is 60.4 cm³/mol. The Morgan fingerprint density at radius 3 is 2.29 bits per heavy atom. The Bertz CT molecular complexity index is 303. The smallest absolute Gasteiger partial charge is 0.162 e. The normalized spacial score (nSPS) is 10.1. The van der Waals surface area contributed by atoms with Crippen molar-refractivity contribution in [1.82, 2.24) is 0 Å². The van der Waals surface area contributed by atoms with Gasteiger partial charge >= 0.3 is 0 Å². The molecule has 0 amide bonds. The van der Waals surface area contributed by atoms with Gasteiger partial charge in [0.2, 0.25) is 0 Å². The molecule has 80 valence electrons. The lowest BCUT2D eigenvalue weighted by Crippen LogP contribution is -2.09. The van der Waals surface area contributed by atoms with E-state index in [0.717, 1.165) is 17.2 Å². The van der Waals surface area contributed by atoms with Crippen LogP contribution in [0, 0.1) is 0 Å². The molecular formula is C11H19NO2. The van der Waals surface area contributed by atoms with Gasteiger partial charge in [0.15, 0.2) is 11.5 Å². The van der Waals surface area contributed by atoms with Gasteiger partial charge in [0.05, 0.1) is 14.2 Å². The van der Waals surface area contributed by atoms with E-state index in [1.54, 1.807) is 14.2 Å². The molecule has 0 aromatic heterocycles. The highest BCUT2D eigenvalue weighted by atomic mass is 16.5. The molecule has 0 heterocycles. The fourth-order valence-corrected chi connectivity index (χ4v) is 1.26. The second-order valence-corrected chi connectivity index (χ2v) is 3.37. The van der Waals surface area contributed by atoms with E-state index in [2.05, 4.69) is 19.2 Å². The van der Waals surface area contributed by atoms with Gasteiger partial charge in [0.1, 0.15) is 0 Å². The Morgan fingerprint density at radius 1 is 1.14 bits per heavy atom. The van der Waals surface area contributed by atoms with Crippen LogP contribution in [-0.2, 0) is 0 Å². The molecule has 0 aliphatic heterocycles. The molecule has 0 aliphatic rings. The van der Waals surface area contributed by atoms with E-state index in [9.17, 15) is 0 Å². The lowest BCUT2D eigenvalue weighted by atomic mass is 10.2. The van der Waals surface area contributed by atoms with Crippen LogP contribution in [0.4, 0.5) is 5.69 Å². The molecule has 0 bridgehead atoms. The van der Waals surface area contributed by atoms with Crippen LogP contribution in [0.25, 0.3) is 0 Å². The van der Waals surface area contributed by atoms with Crippen molar-refractivity contribution in [1.29, 1.82) is 0 Å². The summed E-state index contributed by atoms with van der Waals surface area (Å²) in [5.41, 5.74) is 1.04. The van der Waals surface area contributed by atoms with Crippen LogP contribution in [0.3, 0.4) is 0 Å². The number of hydrogen-bond acceptors (Lipinski definition) is 3. The van der Waals surface area contributed by atoms with E-state index in [4.69, 9.17) is 9.47 Å². The van der Waals surface area contributed by atoms with Crippen molar-refractivity contribution >= 4 is 5.69 Å². The Morgan fingerprint density at radius 2 is 1.79 bits per heavy atom. The first-order chi connectivity index (χ1) is 6.67. The molecule has 0 unspecified atom stereocenters. The first-order valence-corrected chi connectivity index (χ1v) is 4.66. The number of ether oxygens (including phenoxy) is 2. The van der Waals surface area contributed by atoms with Crippen LogP contribution >= 0.6 is 0 Å². The second-order valence-electron chi connectivity index (χ2n) is 3.37. The number of nitrogens with one attached hydrogen (secondary N) is 1. The highest BCUT2D eigenvalue weighted by Gasteiger charge is 2.04. The molecule has 0 saturated carbocycles. The third kappa shape index (κ3) is 2.55. The predicted octanol–water partition coefficient (Wildman–Crippen LogP) is 2.77. The van der Waals surface area contributed by atoms with E-state index in [1.165, 1.54) is 0 Å². The summed E-state index contributed by atoms with van der Waals surface area (Å²) in [5.74, 6) is 1.50. The number of methoxy groups -OCH3 is 2. The van der Waals surface area contributed by atoms with Crippen LogP contribution in [-0.4, -0.2) is 20.3 Å². The molecule has 0 saturated heterocycles. The maximum Gasteiger partial charge on any atom is 0.162 e. The first kappa shape index (κ1) is 10.7. The minimum Gasteiger partial charge on any atom is -0.493 e. The van der Waals surface area contributed by atoms with Crippen molar-refractivity contribution in [2.24, 2.45) is 0 Å². The SMILES string of the molecule is COc1ccc(NC(C)C)cc1OC.[HH]. The fraction of sp³-hybridized carbons (Fsp3) is 0.455. The quantitative estimate of drug-likeness (QED) is 0.805. The zero-order chi connectivity index (χ0) is 10.6. The molecular weight excluding hydrogens is 178 g/mol. The van der Waals surface area contributed by atoms with Gasteiger partial charge in [-0.3, -0.25) is 0 Å². The Labute approximate surface area is 86.5 Å². The molecule has 1 aromatic carbocycles. The van der Waals surface area contributed by atoms with Crippen molar-refractivity contribution in [3.05, 3.63) is 18.2 Å². The Kier molecular flexibility index (Phi) is 3.63. The lowest BCUT2D eigenvalue weighted by molar-refractivity contribution is 0.355. The van der Waals surface area contributed by atoms with Crippen LogP contribution < -0.4 is 14.8 Å². The van der Waals surface area contributed by atoms with Crippen molar-refractivity contribution in [2.75, 3.05) is 19.5 Å². The summed E-state index contributed by atoms with van der Waals surface area (Å²) in [4.78, 5) is 0. The van der Waals surface area contributed by atoms with Gasteiger partial charge in [-0.25, -0.2) is 0 Å². The van der Waals surface area contributed by atoms with Crippen molar-refractivity contribution < 1.29 is 10.9 Å². The largest absolute Gasteiger partial charge is 0.493 e. The summed E-state index contributed by atoms with van der Waals surface area (Å²) in [5, 5.41) is 3.30. The maximum atomic E-state index is 5.19. The van der Waals surface area contributed by atoms with Gasteiger partial charge in [-0.15, -0.1) is 0 Å². The standard InChI is InChI=1S/C11H17NO2.H2/c1-8(2)12-9-5-6-10(13-3)11(7-9)14-4;/h5-8,12H,1-4H3;1H. The van der Waals surface area contributed by atoms with E-state index < -0.39 is 0 Å². The summed E-state index contributed by atoms with van der Waals surface area (Å²) >= 11 is 0. The zero-order valence-electron chi connectivity index (χ0n) is 9.13. The molecule has 0 spiro atoms. The molecule has 0 aliphatic carbocycles. The molecule has 0 atom stereocenters. The average molecular weight is 197 g/mol. The van der Waals surface area contributed by atoms with Gasteiger partial charge in [-0.05, 0) is 26.0 Å². The second kappa shape index (κ2) is 4.74. The molecule has 0 radical (unpaired) electrons. The first-order valence-electron chi connectivity index (χ1n) is 4.66. The van der Waals surface area contributed by atoms with Crippen LogP contribution in [0.15, 0.2) is 18.2 Å². The molecule has 1 N–H and O–H groups in total. The number of benzene rings is 1. The Balaban J connectivity index is 0.00000196. The van der Waals surface area contributed by atoms with Crippen molar-refractivity contribution in [2.45, 2.75) is 19.9 Å². The summed E-state index contributed by atoms with van der Waals surface area (Å²) in [6.45, 7) is 4.19. The zero-order valence-corrected chi connectivity index (χ0v) is 9.13. The topological polar surface area (TPSA) is 30.5 Å². The molecule has 0 fully saturated rings. The fourth-order valence-electron chi connectivity index (χ4n) is 1.26. The maximum absolute atomic E-state index is 5.19. The highest BCUT2D eigenvalue weighted by Crippen LogP contribution is 2.29. The molecule has 1 rings (SSSR count). The van der Waals surface area contributed by atoms with E-state index in [1.807, 2.05) is 18.2 Å². The molecule has 3 heteroatoms. The monoisotopic (exact) mass is 197 g/mol. The number of anilines is 1. The van der Waals surface area contributed by atoms with E-state index >= 15 is 0 Å². The molecule has 1 aromatic rings. The number of rotatable bonds is 4. The average Bonchev–Trinajstić information content (AvgIpc) is 2.16. The van der Waals surface area contributed by atoms with Gasteiger partial charge in [0, 0.05) is 19.2 Å². The number of hydrogen-bond donors (Lipinski definition) is 1. The third-order valence-electron chi connectivity index (χ3n) is 1.84. The summed E-state index contributed by atoms with van der Waals surface area (Å²) in [6.07, 6.45) is 0. The van der Waals surface area contributed by atoms with Crippen molar-refractivity contribution in [3.63, 3.8) is 0 Å². The van der Waals surface area contributed by atoms with Crippen molar-refractivity contribution in [3.8, 4) is 11.5 Å². The van der Waals surface area contributed by atoms with Crippen LogP contribution in [0.2, 0.25) is 0 Å². The highest BCUT2D eigenvalue weighted by molar-refractivity contribution is 5.55. The Hall–Kier alpha value is -1.38. The van der Waals surface area contributed by atoms with Crippen LogP contribution in [0.1, 0.15) is 15.3 Å². The van der Waals surface area contributed by atoms with Gasteiger partial charge in [0.25, 0.3) is 0 Å². The van der Waals surface area contributed by atoms with Gasteiger partial charge in [-0.1, -0.05) is 0 Å². The minimum absolute atomic E-state index is 0. The lowest BCUT2D eigenvalue weighted by Gasteiger charge is -2.13. The summed E-state index contributed by atoms with van der Waals surface area (Å²) < 4.78 is 10.3.